The molecule has 0 radical (unpaired) electrons. The van der Waals surface area contributed by atoms with Crippen molar-refractivity contribution >= 4 is 27.3 Å². The van der Waals surface area contributed by atoms with Gasteiger partial charge in [-0.25, -0.2) is 18.1 Å². The second kappa shape index (κ2) is 9.25. The zero-order valence-corrected chi connectivity index (χ0v) is 19.0. The second-order valence-corrected chi connectivity index (χ2v) is 9.55. The summed E-state index contributed by atoms with van der Waals surface area (Å²) in [6.45, 7) is 2.49. The van der Waals surface area contributed by atoms with Crippen molar-refractivity contribution in [2.45, 2.75) is 18.4 Å². The van der Waals surface area contributed by atoms with Crippen LogP contribution in [0.3, 0.4) is 0 Å². The van der Waals surface area contributed by atoms with Crippen molar-refractivity contribution in [2.75, 3.05) is 16.7 Å². The SMILES string of the molecule is Cc1ccc(S(=O)(=O)N(C)c2ccc(C(=O)Nc3ccc(Cn4cncn4)cc3)cc2)cc1. The fourth-order valence-electron chi connectivity index (χ4n) is 3.23. The Balaban J connectivity index is 1.42. The molecule has 1 aromatic heterocycles. The molecule has 4 rings (SSSR count). The van der Waals surface area contributed by atoms with Crippen molar-refractivity contribution in [3.8, 4) is 0 Å². The third kappa shape index (κ3) is 5.09. The summed E-state index contributed by atoms with van der Waals surface area (Å²) in [7, 11) is -2.20. The quantitative estimate of drug-likeness (QED) is 0.453. The number of anilines is 2. The summed E-state index contributed by atoms with van der Waals surface area (Å²) in [6, 6.07) is 20.6. The molecule has 1 N–H and O–H groups in total. The van der Waals surface area contributed by atoms with Gasteiger partial charge in [0.1, 0.15) is 12.7 Å². The molecule has 3 aromatic carbocycles. The predicted molar refractivity (Wildman–Crippen MR) is 127 cm³/mol. The average Bonchev–Trinajstić information content (AvgIpc) is 3.33. The maximum atomic E-state index is 12.9. The second-order valence-electron chi connectivity index (χ2n) is 7.58. The van der Waals surface area contributed by atoms with Gasteiger partial charge in [0, 0.05) is 18.3 Å². The van der Waals surface area contributed by atoms with Gasteiger partial charge >= 0.3 is 0 Å². The summed E-state index contributed by atoms with van der Waals surface area (Å²) in [5, 5.41) is 6.92. The van der Waals surface area contributed by atoms with Gasteiger partial charge in [0.15, 0.2) is 0 Å². The number of hydrogen-bond acceptors (Lipinski definition) is 5. The van der Waals surface area contributed by atoms with Crippen molar-refractivity contribution in [2.24, 2.45) is 0 Å². The number of carbonyl (C=O) groups is 1. The zero-order chi connectivity index (χ0) is 23.4. The van der Waals surface area contributed by atoms with Gasteiger partial charge < -0.3 is 5.32 Å². The predicted octanol–water partition coefficient (Wildman–Crippen LogP) is 3.71. The van der Waals surface area contributed by atoms with E-state index < -0.39 is 10.0 Å². The van der Waals surface area contributed by atoms with Crippen LogP contribution in [0.1, 0.15) is 21.5 Å². The van der Waals surface area contributed by atoms with Crippen molar-refractivity contribution < 1.29 is 13.2 Å². The lowest BCUT2D eigenvalue weighted by Gasteiger charge is -2.20. The van der Waals surface area contributed by atoms with E-state index in [2.05, 4.69) is 15.4 Å². The molecule has 0 atom stereocenters. The van der Waals surface area contributed by atoms with E-state index in [0.29, 0.717) is 23.5 Å². The Bertz CT molecular complexity index is 1330. The number of rotatable bonds is 7. The van der Waals surface area contributed by atoms with E-state index in [-0.39, 0.29) is 10.8 Å². The Hall–Kier alpha value is -3.98. The highest BCUT2D eigenvalue weighted by Crippen LogP contribution is 2.23. The first-order valence-electron chi connectivity index (χ1n) is 10.2. The Morgan fingerprint density at radius 3 is 2.24 bits per heavy atom. The maximum absolute atomic E-state index is 12.9. The summed E-state index contributed by atoms with van der Waals surface area (Å²) in [5.41, 5.74) is 3.55. The van der Waals surface area contributed by atoms with Gasteiger partial charge in [0.2, 0.25) is 0 Å². The Kier molecular flexibility index (Phi) is 6.23. The van der Waals surface area contributed by atoms with Crippen LogP contribution in [-0.2, 0) is 16.6 Å². The van der Waals surface area contributed by atoms with Gasteiger partial charge in [-0.05, 0) is 61.0 Å². The Labute approximate surface area is 192 Å². The van der Waals surface area contributed by atoms with E-state index in [4.69, 9.17) is 0 Å². The third-order valence-corrected chi connectivity index (χ3v) is 7.00. The molecule has 0 aliphatic carbocycles. The molecule has 0 unspecified atom stereocenters. The molecule has 4 aromatic rings. The smallest absolute Gasteiger partial charge is 0.264 e. The molecule has 33 heavy (non-hydrogen) atoms. The molecule has 0 fully saturated rings. The molecule has 8 nitrogen and oxygen atoms in total. The van der Waals surface area contributed by atoms with Crippen molar-refractivity contribution in [3.05, 3.63) is 102 Å². The summed E-state index contributed by atoms with van der Waals surface area (Å²) < 4.78 is 28.7. The summed E-state index contributed by atoms with van der Waals surface area (Å²) in [6.07, 6.45) is 3.12. The van der Waals surface area contributed by atoms with E-state index in [9.17, 15) is 13.2 Å². The van der Waals surface area contributed by atoms with Gasteiger partial charge in [-0.15, -0.1) is 0 Å². The summed E-state index contributed by atoms with van der Waals surface area (Å²) in [4.78, 5) is 16.8. The standard InChI is InChI=1S/C24H23N5O3S/c1-18-3-13-23(14-4-18)33(31,32)28(2)22-11-7-20(8-12-22)24(30)27-21-9-5-19(6-10-21)15-29-17-25-16-26-29/h3-14,16-17H,15H2,1-2H3,(H,27,30). The monoisotopic (exact) mass is 461 g/mol. The van der Waals surface area contributed by atoms with Gasteiger partial charge in [-0.3, -0.25) is 9.10 Å². The van der Waals surface area contributed by atoms with Gasteiger partial charge in [-0.1, -0.05) is 29.8 Å². The first-order valence-corrected chi connectivity index (χ1v) is 11.7. The number of hydrogen-bond donors (Lipinski definition) is 1. The van der Waals surface area contributed by atoms with Crippen LogP contribution in [-0.4, -0.2) is 36.1 Å². The van der Waals surface area contributed by atoms with E-state index in [0.717, 1.165) is 11.1 Å². The highest BCUT2D eigenvalue weighted by Gasteiger charge is 2.21. The fourth-order valence-corrected chi connectivity index (χ4v) is 4.42. The first kappa shape index (κ1) is 22.2. The third-order valence-electron chi connectivity index (χ3n) is 5.20. The molecule has 1 amide bonds. The van der Waals surface area contributed by atoms with E-state index in [1.165, 1.54) is 17.7 Å². The minimum atomic E-state index is -3.69. The van der Waals surface area contributed by atoms with Crippen LogP contribution >= 0.6 is 0 Å². The van der Waals surface area contributed by atoms with Crippen molar-refractivity contribution in [1.29, 1.82) is 0 Å². The number of nitrogens with zero attached hydrogens (tertiary/aromatic N) is 4. The van der Waals surface area contributed by atoms with E-state index in [1.54, 1.807) is 59.5 Å². The van der Waals surface area contributed by atoms with Gasteiger partial charge in [0.25, 0.3) is 15.9 Å². The van der Waals surface area contributed by atoms with Gasteiger partial charge in [-0.2, -0.15) is 5.10 Å². The maximum Gasteiger partial charge on any atom is 0.264 e. The fraction of sp³-hybridized carbons (Fsp3) is 0.125. The number of carbonyl (C=O) groups excluding carboxylic acids is 1. The zero-order valence-electron chi connectivity index (χ0n) is 18.2. The molecule has 1 heterocycles. The van der Waals surface area contributed by atoms with Crippen LogP contribution in [0.2, 0.25) is 0 Å². The van der Waals surface area contributed by atoms with Crippen LogP contribution in [0, 0.1) is 6.92 Å². The molecule has 0 spiro atoms. The number of benzene rings is 3. The lowest BCUT2D eigenvalue weighted by Crippen LogP contribution is -2.26. The van der Waals surface area contributed by atoms with Crippen LogP contribution in [0.5, 0.6) is 0 Å². The summed E-state index contributed by atoms with van der Waals surface area (Å²) >= 11 is 0. The minimum Gasteiger partial charge on any atom is -0.322 e. The van der Waals surface area contributed by atoms with Crippen molar-refractivity contribution in [3.63, 3.8) is 0 Å². The number of amides is 1. The molecule has 0 saturated carbocycles. The molecular weight excluding hydrogens is 438 g/mol. The molecule has 0 saturated heterocycles. The summed E-state index contributed by atoms with van der Waals surface area (Å²) in [5.74, 6) is -0.283. The number of sulfonamides is 1. The minimum absolute atomic E-state index is 0.213. The Morgan fingerprint density at radius 1 is 0.970 bits per heavy atom. The molecule has 168 valence electrons. The molecule has 0 aliphatic rings. The van der Waals surface area contributed by atoms with Crippen molar-refractivity contribution in [1.82, 2.24) is 14.8 Å². The highest BCUT2D eigenvalue weighted by atomic mass is 32.2. The lowest BCUT2D eigenvalue weighted by atomic mass is 10.1. The molecule has 0 bridgehead atoms. The Morgan fingerprint density at radius 2 is 1.64 bits per heavy atom. The number of nitrogens with one attached hydrogen (secondary N) is 1. The van der Waals surface area contributed by atoms with E-state index in [1.807, 2.05) is 31.2 Å². The molecular formula is C24H23N5O3S. The van der Waals surface area contributed by atoms with Crippen LogP contribution < -0.4 is 9.62 Å². The number of aromatic nitrogens is 3. The number of aryl methyl sites for hydroxylation is 1. The van der Waals surface area contributed by atoms with Crippen LogP contribution in [0.15, 0.2) is 90.3 Å². The van der Waals surface area contributed by atoms with Gasteiger partial charge in [0.05, 0.1) is 17.1 Å². The van der Waals surface area contributed by atoms with E-state index >= 15 is 0 Å². The molecule has 0 aliphatic heterocycles. The lowest BCUT2D eigenvalue weighted by molar-refractivity contribution is 0.102. The first-order chi connectivity index (χ1) is 15.8. The largest absolute Gasteiger partial charge is 0.322 e. The highest BCUT2D eigenvalue weighted by molar-refractivity contribution is 7.92. The van der Waals surface area contributed by atoms with Crippen LogP contribution in [0.4, 0.5) is 11.4 Å². The molecule has 9 heteroatoms. The topological polar surface area (TPSA) is 97.2 Å². The normalized spacial score (nSPS) is 11.2. The average molecular weight is 462 g/mol. The van der Waals surface area contributed by atoms with Crippen LogP contribution in [0.25, 0.3) is 0 Å².